The van der Waals surface area contributed by atoms with E-state index in [0.717, 1.165) is 11.1 Å². The molecule has 2 aliphatic rings. The van der Waals surface area contributed by atoms with Crippen LogP contribution in [0.15, 0.2) is 12.1 Å². The van der Waals surface area contributed by atoms with Gasteiger partial charge in [-0.15, -0.1) is 0 Å². The number of hydrogen-bond donors (Lipinski definition) is 2. The predicted octanol–water partition coefficient (Wildman–Crippen LogP) is 0.891. The lowest BCUT2D eigenvalue weighted by Gasteiger charge is -2.31. The van der Waals surface area contributed by atoms with E-state index in [-0.39, 0.29) is 18.9 Å². The molecule has 0 spiro atoms. The Hall–Kier alpha value is -1.43. The zero-order valence-corrected chi connectivity index (χ0v) is 17.4. The first-order chi connectivity index (χ1) is 13.2. The molecule has 2 heterocycles. The monoisotopic (exact) mass is 416 g/mol. The van der Waals surface area contributed by atoms with E-state index in [0.29, 0.717) is 24.5 Å². The summed E-state index contributed by atoms with van der Waals surface area (Å²) < 4.78 is 49.2. The van der Waals surface area contributed by atoms with Gasteiger partial charge in [-0.3, -0.25) is 0 Å². The summed E-state index contributed by atoms with van der Waals surface area (Å²) >= 11 is 0. The Morgan fingerprint density at radius 3 is 2.46 bits per heavy atom. The van der Waals surface area contributed by atoms with Crippen LogP contribution in [0.2, 0.25) is 0 Å². The van der Waals surface area contributed by atoms with E-state index >= 15 is 0 Å². The molecule has 0 amide bonds. The van der Waals surface area contributed by atoms with Crippen molar-refractivity contribution < 1.29 is 32.6 Å². The van der Waals surface area contributed by atoms with Crippen molar-refractivity contribution in [2.45, 2.75) is 44.7 Å². The molecule has 0 radical (unpaired) electrons. The maximum Gasteiger partial charge on any atom is 0.216 e. The number of fused-ring (bicyclic) bond motifs is 1. The van der Waals surface area contributed by atoms with Crippen molar-refractivity contribution in [1.82, 2.24) is 9.79 Å². The number of hydrogen-bond acceptors (Lipinski definition) is 8. The number of nitrogens with one attached hydrogen (secondary N) is 1. The van der Waals surface area contributed by atoms with E-state index in [9.17, 15) is 13.6 Å². The van der Waals surface area contributed by atoms with Crippen LogP contribution in [-0.2, 0) is 32.5 Å². The highest BCUT2D eigenvalue weighted by Crippen LogP contribution is 2.34. The molecule has 1 unspecified atom stereocenters. The van der Waals surface area contributed by atoms with Crippen LogP contribution in [0.1, 0.15) is 25.0 Å². The van der Waals surface area contributed by atoms with Gasteiger partial charge in [0.2, 0.25) is 10.0 Å². The number of ether oxygens (including phenoxy) is 4. The van der Waals surface area contributed by atoms with Crippen LogP contribution in [0, 0.1) is 0 Å². The molecular weight excluding hydrogens is 388 g/mol. The topological polar surface area (TPSA) is 107 Å². The van der Waals surface area contributed by atoms with Crippen molar-refractivity contribution in [3.8, 4) is 11.5 Å². The van der Waals surface area contributed by atoms with Crippen LogP contribution < -0.4 is 15.0 Å². The van der Waals surface area contributed by atoms with E-state index in [1.165, 1.54) is 4.31 Å². The van der Waals surface area contributed by atoms with E-state index < -0.39 is 28.0 Å². The zero-order chi connectivity index (χ0) is 20.5. The van der Waals surface area contributed by atoms with Gasteiger partial charge in [0.25, 0.3) is 0 Å². The van der Waals surface area contributed by atoms with Crippen LogP contribution in [0.25, 0.3) is 0 Å². The summed E-state index contributed by atoms with van der Waals surface area (Å²) in [5, 5.41) is 9.50. The molecule has 9 nitrogen and oxygen atoms in total. The van der Waals surface area contributed by atoms with Gasteiger partial charge in [-0.25, -0.2) is 8.42 Å². The third kappa shape index (κ3) is 4.42. The second kappa shape index (κ2) is 8.13. The van der Waals surface area contributed by atoms with Gasteiger partial charge in [-0.1, -0.05) is 0 Å². The molecule has 0 aromatic heterocycles. The van der Waals surface area contributed by atoms with Crippen molar-refractivity contribution in [3.05, 3.63) is 23.3 Å². The molecule has 2 atom stereocenters. The van der Waals surface area contributed by atoms with Crippen molar-refractivity contribution in [1.29, 1.82) is 0 Å². The molecular formula is C18H28N2O7S. The molecule has 1 aromatic carbocycles. The fourth-order valence-corrected chi connectivity index (χ4v) is 5.23. The Morgan fingerprint density at radius 1 is 1.29 bits per heavy atom. The highest BCUT2D eigenvalue weighted by molar-refractivity contribution is 7.89. The predicted molar refractivity (Wildman–Crippen MR) is 101 cm³/mol. The SMILES string of the molecule is COc1cc2c(cc1OC)CN(S(=O)(=O)CC(NO)[C@H]1COC(C)(C)O1)CC2. The first kappa shape index (κ1) is 21.3. The minimum absolute atomic E-state index is 0.209. The molecule has 2 N–H and O–H groups in total. The van der Waals surface area contributed by atoms with Gasteiger partial charge in [-0.05, 0) is 43.5 Å². The Bertz CT molecular complexity index is 812. The number of rotatable bonds is 7. The molecule has 0 aliphatic carbocycles. The second-order valence-electron chi connectivity index (χ2n) is 7.44. The lowest BCUT2D eigenvalue weighted by Crippen LogP contribution is -2.49. The van der Waals surface area contributed by atoms with Crippen LogP contribution >= 0.6 is 0 Å². The third-order valence-corrected chi connectivity index (χ3v) is 6.99. The van der Waals surface area contributed by atoms with Gasteiger partial charge in [0.05, 0.1) is 32.6 Å². The van der Waals surface area contributed by atoms with E-state index in [4.69, 9.17) is 18.9 Å². The van der Waals surface area contributed by atoms with Gasteiger partial charge in [0.1, 0.15) is 6.10 Å². The molecule has 28 heavy (non-hydrogen) atoms. The summed E-state index contributed by atoms with van der Waals surface area (Å²) in [4.78, 5) is 0. The normalized spacial score (nSPS) is 23.2. The molecule has 10 heteroatoms. The molecule has 1 fully saturated rings. The summed E-state index contributed by atoms with van der Waals surface area (Å²) in [7, 11) is -0.527. The highest BCUT2D eigenvalue weighted by atomic mass is 32.2. The summed E-state index contributed by atoms with van der Waals surface area (Å²) in [6.07, 6.45) is 0.0126. The van der Waals surface area contributed by atoms with E-state index in [1.54, 1.807) is 28.1 Å². The summed E-state index contributed by atoms with van der Waals surface area (Å²) in [5.41, 5.74) is 4.00. The fourth-order valence-electron chi connectivity index (χ4n) is 3.57. The van der Waals surface area contributed by atoms with E-state index in [1.807, 2.05) is 12.1 Å². The largest absolute Gasteiger partial charge is 0.493 e. The Kier molecular flexibility index (Phi) is 6.18. The Labute approximate surface area is 165 Å². The first-order valence-electron chi connectivity index (χ1n) is 9.12. The van der Waals surface area contributed by atoms with Gasteiger partial charge >= 0.3 is 0 Å². The summed E-state index contributed by atoms with van der Waals surface area (Å²) in [6, 6.07) is 2.91. The number of nitrogens with zero attached hydrogens (tertiary/aromatic N) is 1. The molecule has 0 saturated carbocycles. The molecule has 0 bridgehead atoms. The average Bonchev–Trinajstić information content (AvgIpc) is 3.04. The number of methoxy groups -OCH3 is 2. The van der Waals surface area contributed by atoms with Crippen molar-refractivity contribution in [2.75, 3.05) is 33.1 Å². The van der Waals surface area contributed by atoms with Crippen molar-refractivity contribution in [3.63, 3.8) is 0 Å². The molecule has 158 valence electrons. The van der Waals surface area contributed by atoms with Crippen LogP contribution in [0.5, 0.6) is 11.5 Å². The van der Waals surface area contributed by atoms with E-state index in [2.05, 4.69) is 5.48 Å². The average molecular weight is 416 g/mol. The summed E-state index contributed by atoms with van der Waals surface area (Å²) in [5.74, 6) is 0.0941. The maximum absolute atomic E-state index is 13.0. The first-order valence-corrected chi connectivity index (χ1v) is 10.7. The Morgan fingerprint density at radius 2 is 1.93 bits per heavy atom. The molecule has 1 saturated heterocycles. The van der Waals surface area contributed by atoms with Gasteiger partial charge in [-0.2, -0.15) is 9.79 Å². The fraction of sp³-hybridized carbons (Fsp3) is 0.667. The summed E-state index contributed by atoms with van der Waals surface area (Å²) in [6.45, 7) is 4.30. The smallest absolute Gasteiger partial charge is 0.216 e. The minimum Gasteiger partial charge on any atom is -0.493 e. The lowest BCUT2D eigenvalue weighted by atomic mass is 10.0. The molecule has 2 aliphatic heterocycles. The molecule has 1 aromatic rings. The second-order valence-corrected chi connectivity index (χ2v) is 9.45. The lowest BCUT2D eigenvalue weighted by molar-refractivity contribution is -0.144. The minimum atomic E-state index is -3.64. The van der Waals surface area contributed by atoms with Crippen molar-refractivity contribution in [2.24, 2.45) is 0 Å². The van der Waals surface area contributed by atoms with Crippen LogP contribution in [-0.4, -0.2) is 69.0 Å². The third-order valence-electron chi connectivity index (χ3n) is 5.11. The van der Waals surface area contributed by atoms with Crippen molar-refractivity contribution >= 4 is 10.0 Å². The standard InChI is InChI=1S/C18H28N2O7S/c1-18(2)26-10-17(27-18)14(19-21)11-28(22,23)20-6-5-12-7-15(24-3)16(25-4)8-13(12)9-20/h7-8,14,17,19,21H,5-6,9-11H2,1-4H3/t14?,17-/m1/s1. The highest BCUT2D eigenvalue weighted by Gasteiger charge is 2.40. The zero-order valence-electron chi connectivity index (χ0n) is 16.6. The Balaban J connectivity index is 1.74. The molecule has 3 rings (SSSR count). The van der Waals surface area contributed by atoms with Crippen LogP contribution in [0.4, 0.5) is 0 Å². The van der Waals surface area contributed by atoms with Gasteiger partial charge in [0, 0.05) is 13.1 Å². The number of hydroxylamine groups is 1. The quantitative estimate of drug-likeness (QED) is 0.631. The van der Waals surface area contributed by atoms with Gasteiger partial charge in [0.15, 0.2) is 17.3 Å². The number of benzene rings is 1. The van der Waals surface area contributed by atoms with Gasteiger partial charge < -0.3 is 24.2 Å². The van der Waals surface area contributed by atoms with Crippen LogP contribution in [0.3, 0.4) is 0 Å². The number of sulfonamides is 1. The maximum atomic E-state index is 13.0.